The molecule has 0 saturated heterocycles. The van der Waals surface area contributed by atoms with Crippen LogP contribution in [0.4, 0.5) is 0 Å². The molecule has 0 bridgehead atoms. The molecule has 2 unspecified atom stereocenters. The molecule has 1 fully saturated rings. The first-order valence-corrected chi connectivity index (χ1v) is 8.86. The molecule has 3 heteroatoms. The topological polar surface area (TPSA) is 29.3 Å². The third kappa shape index (κ3) is 4.24. The average Bonchev–Trinajstić information content (AvgIpc) is 2.94. The van der Waals surface area contributed by atoms with Gasteiger partial charge in [0.2, 0.25) is 0 Å². The van der Waals surface area contributed by atoms with Crippen LogP contribution in [0, 0.1) is 12.8 Å². The molecule has 1 saturated carbocycles. The molecule has 2 rings (SSSR count). The van der Waals surface area contributed by atoms with Crippen molar-refractivity contribution in [3.8, 4) is 0 Å². The molecule has 0 aliphatic heterocycles. The Balaban J connectivity index is 1.80. The van der Waals surface area contributed by atoms with Gasteiger partial charge in [-0.1, -0.05) is 31.0 Å². The highest BCUT2D eigenvalue weighted by atomic mass is 32.2. The molecule has 2 atom stereocenters. The van der Waals surface area contributed by atoms with E-state index in [0.717, 1.165) is 25.0 Å². The van der Waals surface area contributed by atoms with Crippen LogP contribution < -0.4 is 5.73 Å². The van der Waals surface area contributed by atoms with Crippen LogP contribution in [-0.4, -0.2) is 36.3 Å². The molecule has 1 aromatic rings. The highest BCUT2D eigenvalue weighted by Gasteiger charge is 2.29. The minimum atomic E-state index is 0.722. The van der Waals surface area contributed by atoms with Crippen molar-refractivity contribution in [2.24, 2.45) is 11.7 Å². The second kappa shape index (κ2) is 8.06. The molecule has 20 heavy (non-hydrogen) atoms. The SMILES string of the molecule is CCN(CCSc1ccc(C)cc1)C1CCCC1CN. The summed E-state index contributed by atoms with van der Waals surface area (Å²) in [6.45, 7) is 7.60. The van der Waals surface area contributed by atoms with Crippen molar-refractivity contribution in [3.05, 3.63) is 29.8 Å². The molecule has 112 valence electrons. The molecule has 1 aliphatic rings. The summed E-state index contributed by atoms with van der Waals surface area (Å²) in [5.74, 6) is 1.89. The average molecular weight is 292 g/mol. The van der Waals surface area contributed by atoms with Crippen molar-refractivity contribution < 1.29 is 0 Å². The number of benzene rings is 1. The van der Waals surface area contributed by atoms with Crippen molar-refractivity contribution in [1.82, 2.24) is 4.90 Å². The zero-order valence-corrected chi connectivity index (χ0v) is 13.7. The second-order valence-electron chi connectivity index (χ2n) is 5.78. The standard InChI is InChI=1S/C17H28N2S/c1-3-19(17-6-4-5-15(17)13-18)11-12-20-16-9-7-14(2)8-10-16/h7-10,15,17H,3-6,11-13,18H2,1-2H3. The lowest BCUT2D eigenvalue weighted by Crippen LogP contribution is -2.41. The fourth-order valence-electron chi connectivity index (χ4n) is 3.25. The van der Waals surface area contributed by atoms with Gasteiger partial charge in [-0.2, -0.15) is 0 Å². The summed E-state index contributed by atoms with van der Waals surface area (Å²) in [5, 5.41) is 0. The largest absolute Gasteiger partial charge is 0.330 e. The molecule has 0 aromatic heterocycles. The molecule has 0 radical (unpaired) electrons. The Bertz CT molecular complexity index is 390. The van der Waals surface area contributed by atoms with Gasteiger partial charge >= 0.3 is 0 Å². The van der Waals surface area contributed by atoms with Gasteiger partial charge in [0, 0.05) is 23.2 Å². The second-order valence-corrected chi connectivity index (χ2v) is 6.95. The fourth-order valence-corrected chi connectivity index (χ4v) is 4.14. The van der Waals surface area contributed by atoms with Gasteiger partial charge in [-0.25, -0.2) is 0 Å². The van der Waals surface area contributed by atoms with Crippen molar-refractivity contribution in [3.63, 3.8) is 0 Å². The monoisotopic (exact) mass is 292 g/mol. The highest BCUT2D eigenvalue weighted by molar-refractivity contribution is 7.99. The number of nitrogens with two attached hydrogens (primary N) is 1. The summed E-state index contributed by atoms with van der Waals surface area (Å²) < 4.78 is 0. The Morgan fingerprint density at radius 1 is 1.25 bits per heavy atom. The third-order valence-corrected chi connectivity index (χ3v) is 5.46. The zero-order valence-electron chi connectivity index (χ0n) is 12.8. The van der Waals surface area contributed by atoms with Gasteiger partial charge in [-0.15, -0.1) is 11.8 Å². The normalized spacial score (nSPS) is 22.6. The van der Waals surface area contributed by atoms with Crippen LogP contribution in [0.3, 0.4) is 0 Å². The van der Waals surface area contributed by atoms with E-state index in [1.54, 1.807) is 0 Å². The maximum absolute atomic E-state index is 5.92. The first kappa shape index (κ1) is 15.9. The maximum atomic E-state index is 5.92. The molecular weight excluding hydrogens is 264 g/mol. The minimum absolute atomic E-state index is 0.722. The van der Waals surface area contributed by atoms with E-state index < -0.39 is 0 Å². The predicted molar refractivity (Wildman–Crippen MR) is 89.3 cm³/mol. The number of rotatable bonds is 7. The van der Waals surface area contributed by atoms with E-state index in [1.165, 1.54) is 42.0 Å². The smallest absolute Gasteiger partial charge is 0.0136 e. The fraction of sp³-hybridized carbons (Fsp3) is 0.647. The predicted octanol–water partition coefficient (Wildman–Crippen LogP) is 3.54. The summed E-state index contributed by atoms with van der Waals surface area (Å²) in [6.07, 6.45) is 4.02. The Kier molecular flexibility index (Phi) is 6.40. The van der Waals surface area contributed by atoms with E-state index in [2.05, 4.69) is 43.0 Å². The van der Waals surface area contributed by atoms with Crippen molar-refractivity contribution in [2.45, 2.75) is 44.0 Å². The third-order valence-electron chi connectivity index (χ3n) is 4.47. The summed E-state index contributed by atoms with van der Waals surface area (Å²) in [6, 6.07) is 9.58. The molecule has 0 spiro atoms. The van der Waals surface area contributed by atoms with Gasteiger partial charge in [0.25, 0.3) is 0 Å². The maximum Gasteiger partial charge on any atom is 0.0136 e. The van der Waals surface area contributed by atoms with Crippen LogP contribution in [0.15, 0.2) is 29.2 Å². The van der Waals surface area contributed by atoms with Crippen LogP contribution in [0.25, 0.3) is 0 Å². The van der Waals surface area contributed by atoms with Crippen LogP contribution in [0.5, 0.6) is 0 Å². The first-order chi connectivity index (χ1) is 9.74. The van der Waals surface area contributed by atoms with Crippen LogP contribution in [-0.2, 0) is 0 Å². The van der Waals surface area contributed by atoms with Gasteiger partial charge in [0.05, 0.1) is 0 Å². The first-order valence-electron chi connectivity index (χ1n) is 7.88. The number of nitrogens with zero attached hydrogens (tertiary/aromatic N) is 1. The van der Waals surface area contributed by atoms with E-state index in [1.807, 2.05) is 11.8 Å². The van der Waals surface area contributed by atoms with Gasteiger partial charge in [0.15, 0.2) is 0 Å². The Hall–Kier alpha value is -0.510. The lowest BCUT2D eigenvalue weighted by atomic mass is 10.0. The molecule has 2 nitrogen and oxygen atoms in total. The van der Waals surface area contributed by atoms with E-state index in [-0.39, 0.29) is 0 Å². The molecule has 2 N–H and O–H groups in total. The highest BCUT2D eigenvalue weighted by Crippen LogP contribution is 2.29. The summed E-state index contributed by atoms with van der Waals surface area (Å²) in [5.41, 5.74) is 7.25. The summed E-state index contributed by atoms with van der Waals surface area (Å²) in [7, 11) is 0. The Morgan fingerprint density at radius 3 is 2.65 bits per heavy atom. The Labute approximate surface area is 128 Å². The zero-order chi connectivity index (χ0) is 14.4. The van der Waals surface area contributed by atoms with Crippen LogP contribution >= 0.6 is 11.8 Å². The number of aryl methyl sites for hydroxylation is 1. The van der Waals surface area contributed by atoms with Crippen molar-refractivity contribution >= 4 is 11.8 Å². The van der Waals surface area contributed by atoms with Crippen molar-refractivity contribution in [2.75, 3.05) is 25.4 Å². The van der Waals surface area contributed by atoms with Crippen LogP contribution in [0.1, 0.15) is 31.7 Å². The molecule has 0 heterocycles. The molecule has 1 aliphatic carbocycles. The molecular formula is C17H28N2S. The van der Waals surface area contributed by atoms with E-state index in [0.29, 0.717) is 0 Å². The number of hydrogen-bond acceptors (Lipinski definition) is 3. The number of hydrogen-bond donors (Lipinski definition) is 1. The number of thioether (sulfide) groups is 1. The van der Waals surface area contributed by atoms with E-state index in [9.17, 15) is 0 Å². The quantitative estimate of drug-likeness (QED) is 0.780. The molecule has 1 aromatic carbocycles. The van der Waals surface area contributed by atoms with Gasteiger partial charge in [-0.3, -0.25) is 4.90 Å². The lowest BCUT2D eigenvalue weighted by molar-refractivity contribution is 0.181. The van der Waals surface area contributed by atoms with Crippen molar-refractivity contribution in [1.29, 1.82) is 0 Å². The van der Waals surface area contributed by atoms with E-state index in [4.69, 9.17) is 5.73 Å². The minimum Gasteiger partial charge on any atom is -0.330 e. The van der Waals surface area contributed by atoms with E-state index >= 15 is 0 Å². The summed E-state index contributed by atoms with van der Waals surface area (Å²) in [4.78, 5) is 4.03. The lowest BCUT2D eigenvalue weighted by Gasteiger charge is -2.31. The van der Waals surface area contributed by atoms with Gasteiger partial charge < -0.3 is 5.73 Å². The van der Waals surface area contributed by atoms with Gasteiger partial charge in [0.1, 0.15) is 0 Å². The summed E-state index contributed by atoms with van der Waals surface area (Å²) >= 11 is 1.97. The Morgan fingerprint density at radius 2 is 2.00 bits per heavy atom. The molecule has 0 amide bonds. The van der Waals surface area contributed by atoms with Crippen LogP contribution in [0.2, 0.25) is 0 Å². The van der Waals surface area contributed by atoms with Gasteiger partial charge in [-0.05, 0) is 50.9 Å².